The quantitative estimate of drug-likeness (QED) is 0.246. The first-order chi connectivity index (χ1) is 16.9. The molecule has 0 heterocycles. The van der Waals surface area contributed by atoms with Crippen LogP contribution < -0.4 is 14.8 Å². The topological polar surface area (TPSA) is 95.1 Å². The molecule has 0 atom stereocenters. The minimum atomic E-state index is -0.560. The summed E-state index contributed by atoms with van der Waals surface area (Å²) >= 11 is 9.62. The summed E-state index contributed by atoms with van der Waals surface area (Å²) in [5, 5.41) is 22.1. The highest BCUT2D eigenvalue weighted by molar-refractivity contribution is 9.10. The Morgan fingerprint density at radius 3 is 2.60 bits per heavy atom. The number of anilines is 1. The summed E-state index contributed by atoms with van der Waals surface area (Å²) in [4.78, 5) is 12.7. The summed E-state index contributed by atoms with van der Waals surface area (Å²) in [7, 11) is 0. The van der Waals surface area contributed by atoms with Crippen molar-refractivity contribution in [3.8, 4) is 23.6 Å². The molecular weight excluding hydrogens is 530 g/mol. The normalized spacial score (nSPS) is 10.7. The molecule has 3 aromatic rings. The molecule has 35 heavy (non-hydrogen) atoms. The van der Waals surface area contributed by atoms with Crippen LogP contribution in [-0.4, -0.2) is 12.5 Å². The van der Waals surface area contributed by atoms with Gasteiger partial charge in [0.25, 0.3) is 5.91 Å². The van der Waals surface area contributed by atoms with Gasteiger partial charge in [-0.3, -0.25) is 4.79 Å². The van der Waals surface area contributed by atoms with E-state index in [0.29, 0.717) is 44.4 Å². The van der Waals surface area contributed by atoms with E-state index in [1.165, 1.54) is 6.08 Å². The highest BCUT2D eigenvalue weighted by Crippen LogP contribution is 2.38. The van der Waals surface area contributed by atoms with Gasteiger partial charge in [-0.25, -0.2) is 0 Å². The van der Waals surface area contributed by atoms with Crippen LogP contribution in [0.5, 0.6) is 11.5 Å². The fourth-order valence-electron chi connectivity index (χ4n) is 3.16. The lowest BCUT2D eigenvalue weighted by Gasteiger charge is -2.15. The van der Waals surface area contributed by atoms with Crippen LogP contribution in [0.3, 0.4) is 0 Å². The van der Waals surface area contributed by atoms with Crippen LogP contribution in [-0.2, 0) is 11.4 Å². The van der Waals surface area contributed by atoms with Crippen molar-refractivity contribution in [2.45, 2.75) is 20.5 Å². The third kappa shape index (κ3) is 6.64. The number of aryl methyl sites for hydroxylation is 1. The summed E-state index contributed by atoms with van der Waals surface area (Å²) in [6.07, 6.45) is 1.47. The van der Waals surface area contributed by atoms with Gasteiger partial charge in [0.2, 0.25) is 0 Å². The molecule has 0 unspecified atom stereocenters. The van der Waals surface area contributed by atoms with Crippen molar-refractivity contribution in [1.29, 1.82) is 10.5 Å². The average Bonchev–Trinajstić information content (AvgIpc) is 2.84. The van der Waals surface area contributed by atoms with Crippen molar-refractivity contribution >= 4 is 45.2 Å². The Morgan fingerprint density at radius 1 is 1.14 bits per heavy atom. The Hall–Kier alpha value is -3.78. The molecule has 176 valence electrons. The van der Waals surface area contributed by atoms with Gasteiger partial charge in [0, 0.05) is 16.3 Å². The first kappa shape index (κ1) is 25.8. The number of amides is 1. The number of carbonyl (C=O) groups is 1. The zero-order chi connectivity index (χ0) is 25.4. The van der Waals surface area contributed by atoms with E-state index in [1.807, 2.05) is 32.0 Å². The van der Waals surface area contributed by atoms with E-state index in [-0.39, 0.29) is 12.2 Å². The van der Waals surface area contributed by atoms with Gasteiger partial charge in [0.05, 0.1) is 22.7 Å². The van der Waals surface area contributed by atoms with Gasteiger partial charge in [-0.05, 0) is 77.3 Å². The Kier molecular flexibility index (Phi) is 8.92. The molecule has 0 spiro atoms. The predicted octanol–water partition coefficient (Wildman–Crippen LogP) is 6.81. The van der Waals surface area contributed by atoms with E-state index in [0.717, 1.165) is 11.1 Å². The second kappa shape index (κ2) is 12.1. The fraction of sp³-hybridized carbons (Fsp3) is 0.148. The number of carbonyl (C=O) groups excluding carboxylic acids is 1. The van der Waals surface area contributed by atoms with E-state index in [9.17, 15) is 15.3 Å². The van der Waals surface area contributed by atoms with Gasteiger partial charge < -0.3 is 14.8 Å². The minimum Gasteiger partial charge on any atom is -0.490 e. The van der Waals surface area contributed by atoms with E-state index in [2.05, 4.69) is 27.3 Å². The maximum atomic E-state index is 12.7. The van der Waals surface area contributed by atoms with Crippen LogP contribution in [0.15, 0.2) is 64.6 Å². The summed E-state index contributed by atoms with van der Waals surface area (Å²) in [5.74, 6) is 0.328. The molecule has 6 nitrogen and oxygen atoms in total. The van der Waals surface area contributed by atoms with E-state index in [1.54, 1.807) is 42.5 Å². The number of nitrogens with zero attached hydrogens (tertiary/aromatic N) is 2. The Balaban J connectivity index is 1.87. The summed E-state index contributed by atoms with van der Waals surface area (Å²) in [6, 6.07) is 19.8. The van der Waals surface area contributed by atoms with E-state index < -0.39 is 5.91 Å². The van der Waals surface area contributed by atoms with Crippen LogP contribution in [0.25, 0.3) is 6.08 Å². The highest BCUT2D eigenvalue weighted by atomic mass is 79.9. The molecule has 0 aliphatic rings. The molecule has 0 bridgehead atoms. The summed E-state index contributed by atoms with van der Waals surface area (Å²) < 4.78 is 12.3. The lowest BCUT2D eigenvalue weighted by atomic mass is 10.1. The number of rotatable bonds is 8. The molecule has 0 radical (unpaired) electrons. The van der Waals surface area contributed by atoms with Crippen molar-refractivity contribution in [3.63, 3.8) is 0 Å². The molecule has 0 saturated heterocycles. The van der Waals surface area contributed by atoms with Gasteiger partial charge in [0.1, 0.15) is 18.2 Å². The van der Waals surface area contributed by atoms with Crippen molar-refractivity contribution in [2.24, 2.45) is 0 Å². The SMILES string of the molecule is CCOc1cc(/C=C(/C#N)C(=O)Nc2ccc(C)c(Cl)c2)cc(Br)c1OCc1ccccc1C#N. The zero-order valence-electron chi connectivity index (χ0n) is 19.1. The molecule has 1 N–H and O–H groups in total. The smallest absolute Gasteiger partial charge is 0.266 e. The van der Waals surface area contributed by atoms with Crippen LogP contribution in [0, 0.1) is 29.6 Å². The van der Waals surface area contributed by atoms with Gasteiger partial charge in [-0.1, -0.05) is 35.9 Å². The van der Waals surface area contributed by atoms with E-state index in [4.69, 9.17) is 21.1 Å². The van der Waals surface area contributed by atoms with Gasteiger partial charge in [-0.2, -0.15) is 10.5 Å². The van der Waals surface area contributed by atoms with Crippen molar-refractivity contribution in [2.75, 3.05) is 11.9 Å². The fourth-order valence-corrected chi connectivity index (χ4v) is 3.92. The number of ether oxygens (including phenoxy) is 2. The van der Waals surface area contributed by atoms with Crippen molar-refractivity contribution in [1.82, 2.24) is 0 Å². The Labute approximate surface area is 217 Å². The minimum absolute atomic E-state index is 0.0901. The number of hydrogen-bond acceptors (Lipinski definition) is 5. The molecule has 0 fully saturated rings. The second-order valence-electron chi connectivity index (χ2n) is 7.41. The van der Waals surface area contributed by atoms with Gasteiger partial charge >= 0.3 is 0 Å². The predicted molar refractivity (Wildman–Crippen MR) is 139 cm³/mol. The van der Waals surface area contributed by atoms with Crippen LogP contribution in [0.4, 0.5) is 5.69 Å². The summed E-state index contributed by atoms with van der Waals surface area (Å²) in [6.45, 7) is 4.25. The monoisotopic (exact) mass is 549 g/mol. The third-order valence-electron chi connectivity index (χ3n) is 4.95. The third-order valence-corrected chi connectivity index (χ3v) is 5.94. The van der Waals surface area contributed by atoms with Crippen molar-refractivity contribution < 1.29 is 14.3 Å². The van der Waals surface area contributed by atoms with Crippen LogP contribution in [0.2, 0.25) is 5.02 Å². The molecule has 0 aliphatic heterocycles. The van der Waals surface area contributed by atoms with Crippen LogP contribution >= 0.6 is 27.5 Å². The Bertz CT molecular complexity index is 1370. The molecule has 0 aromatic heterocycles. The molecule has 8 heteroatoms. The first-order valence-corrected chi connectivity index (χ1v) is 11.8. The van der Waals surface area contributed by atoms with Crippen molar-refractivity contribution in [3.05, 3.63) is 91.9 Å². The maximum absolute atomic E-state index is 12.7. The Morgan fingerprint density at radius 2 is 1.91 bits per heavy atom. The highest BCUT2D eigenvalue weighted by Gasteiger charge is 2.15. The van der Waals surface area contributed by atoms with Gasteiger partial charge in [-0.15, -0.1) is 0 Å². The lowest BCUT2D eigenvalue weighted by molar-refractivity contribution is -0.112. The number of nitrogens with one attached hydrogen (secondary N) is 1. The number of nitriles is 2. The number of benzene rings is 3. The summed E-state index contributed by atoms with van der Waals surface area (Å²) in [5.41, 5.74) is 3.12. The molecule has 0 saturated carbocycles. The average molecular weight is 551 g/mol. The second-order valence-corrected chi connectivity index (χ2v) is 8.67. The van der Waals surface area contributed by atoms with Gasteiger partial charge in [0.15, 0.2) is 11.5 Å². The van der Waals surface area contributed by atoms with Crippen LogP contribution in [0.1, 0.15) is 29.2 Å². The maximum Gasteiger partial charge on any atom is 0.266 e. The molecule has 0 aliphatic carbocycles. The largest absolute Gasteiger partial charge is 0.490 e. The zero-order valence-corrected chi connectivity index (χ0v) is 21.4. The number of halogens is 2. The molecule has 1 amide bonds. The molecule has 3 aromatic carbocycles. The molecule has 3 rings (SSSR count). The first-order valence-electron chi connectivity index (χ1n) is 10.6. The number of hydrogen-bond donors (Lipinski definition) is 1. The lowest BCUT2D eigenvalue weighted by Crippen LogP contribution is -2.13. The van der Waals surface area contributed by atoms with E-state index >= 15 is 0 Å². The standard InChI is InChI=1S/C27H21BrClN3O3/c1-3-34-25-12-18(10-21(15-31)27(33)32-22-9-8-17(2)24(29)13-22)11-23(28)26(25)35-16-20-7-5-4-6-19(20)14-30/h4-13H,3,16H2,1-2H3,(H,32,33)/b21-10-. The molecular formula is C27H21BrClN3O3.